The molecule has 1 aliphatic carbocycles. The fraction of sp³-hybridized carbons (Fsp3) is 0.474. The molecule has 0 spiro atoms. The molecule has 0 radical (unpaired) electrons. The van der Waals surface area contributed by atoms with E-state index in [2.05, 4.69) is 15.5 Å². The number of rotatable bonds is 4. The molecular formula is C19H25N3O3. The molecule has 2 aromatic rings. The summed E-state index contributed by atoms with van der Waals surface area (Å²) < 4.78 is 5.25. The average Bonchev–Trinajstić information content (AvgIpc) is 3.11. The van der Waals surface area contributed by atoms with Crippen molar-refractivity contribution < 1.29 is 14.6 Å². The first kappa shape index (κ1) is 17.5. The monoisotopic (exact) mass is 343 g/mol. The van der Waals surface area contributed by atoms with Crippen LogP contribution >= 0.6 is 0 Å². The minimum absolute atomic E-state index is 0.208. The number of nitrogens with one attached hydrogen (secondary N) is 2. The number of amides is 1. The van der Waals surface area contributed by atoms with Gasteiger partial charge in [-0.3, -0.25) is 9.89 Å². The molecule has 0 aliphatic heterocycles. The third-order valence-electron chi connectivity index (χ3n) is 4.79. The zero-order valence-corrected chi connectivity index (χ0v) is 14.5. The summed E-state index contributed by atoms with van der Waals surface area (Å²) in [5, 5.41) is 20.2. The number of methoxy groups -OCH3 is 1. The van der Waals surface area contributed by atoms with E-state index < -0.39 is 6.10 Å². The van der Waals surface area contributed by atoms with Gasteiger partial charge in [-0.05, 0) is 25.0 Å². The zero-order chi connectivity index (χ0) is 17.6. The van der Waals surface area contributed by atoms with Crippen LogP contribution in [0.25, 0.3) is 11.3 Å². The van der Waals surface area contributed by atoms with E-state index in [1.807, 2.05) is 24.3 Å². The van der Waals surface area contributed by atoms with Gasteiger partial charge in [-0.25, -0.2) is 0 Å². The van der Waals surface area contributed by atoms with E-state index in [0.29, 0.717) is 17.0 Å². The molecule has 1 aromatic heterocycles. The van der Waals surface area contributed by atoms with Crippen molar-refractivity contribution in [3.8, 4) is 17.0 Å². The van der Waals surface area contributed by atoms with E-state index in [-0.39, 0.29) is 11.9 Å². The smallest absolute Gasteiger partial charge is 0.255 e. The normalized spacial score (nSPS) is 21.2. The summed E-state index contributed by atoms with van der Waals surface area (Å²) in [4.78, 5) is 12.8. The van der Waals surface area contributed by atoms with Crippen molar-refractivity contribution in [3.05, 3.63) is 36.0 Å². The Bertz CT molecular complexity index is 713. The van der Waals surface area contributed by atoms with Gasteiger partial charge in [-0.15, -0.1) is 0 Å². The van der Waals surface area contributed by atoms with Gasteiger partial charge >= 0.3 is 0 Å². The summed E-state index contributed by atoms with van der Waals surface area (Å²) >= 11 is 0. The maximum Gasteiger partial charge on any atom is 0.255 e. The first-order chi connectivity index (χ1) is 12.2. The Morgan fingerprint density at radius 2 is 2.08 bits per heavy atom. The van der Waals surface area contributed by atoms with Gasteiger partial charge in [0.15, 0.2) is 0 Å². The Hall–Kier alpha value is -2.34. The number of carbonyl (C=O) groups excluding carboxylic acids is 1. The fourth-order valence-electron chi connectivity index (χ4n) is 3.34. The van der Waals surface area contributed by atoms with E-state index in [0.717, 1.165) is 44.1 Å². The minimum atomic E-state index is -0.489. The first-order valence-corrected chi connectivity index (χ1v) is 8.86. The van der Waals surface area contributed by atoms with Crippen molar-refractivity contribution in [2.75, 3.05) is 7.11 Å². The lowest BCUT2D eigenvalue weighted by atomic mass is 9.94. The molecule has 3 rings (SSSR count). The highest BCUT2D eigenvalue weighted by Gasteiger charge is 2.24. The molecule has 1 saturated carbocycles. The van der Waals surface area contributed by atoms with E-state index in [1.165, 1.54) is 6.20 Å². The van der Waals surface area contributed by atoms with Crippen molar-refractivity contribution in [1.82, 2.24) is 15.5 Å². The van der Waals surface area contributed by atoms with Crippen LogP contribution in [0.5, 0.6) is 5.75 Å². The van der Waals surface area contributed by atoms with Crippen LogP contribution in [-0.2, 0) is 0 Å². The van der Waals surface area contributed by atoms with Crippen LogP contribution < -0.4 is 10.1 Å². The maximum atomic E-state index is 12.8. The minimum Gasteiger partial charge on any atom is -0.497 e. The Balaban J connectivity index is 1.77. The van der Waals surface area contributed by atoms with Crippen LogP contribution in [0.3, 0.4) is 0 Å². The highest BCUT2D eigenvalue weighted by Crippen LogP contribution is 2.25. The second-order valence-electron chi connectivity index (χ2n) is 6.53. The van der Waals surface area contributed by atoms with Gasteiger partial charge in [-0.1, -0.05) is 37.8 Å². The van der Waals surface area contributed by atoms with Crippen molar-refractivity contribution in [1.29, 1.82) is 0 Å². The van der Waals surface area contributed by atoms with Crippen LogP contribution in [-0.4, -0.2) is 40.5 Å². The quantitative estimate of drug-likeness (QED) is 0.796. The lowest BCUT2D eigenvalue weighted by Crippen LogP contribution is -2.43. The summed E-state index contributed by atoms with van der Waals surface area (Å²) in [6.07, 6.45) is 6.91. The topological polar surface area (TPSA) is 87.2 Å². The first-order valence-electron chi connectivity index (χ1n) is 8.86. The molecule has 0 saturated heterocycles. The molecule has 6 heteroatoms. The summed E-state index contributed by atoms with van der Waals surface area (Å²) in [5.41, 5.74) is 1.96. The largest absolute Gasteiger partial charge is 0.497 e. The lowest BCUT2D eigenvalue weighted by molar-refractivity contribution is 0.0771. The molecule has 0 bridgehead atoms. The van der Waals surface area contributed by atoms with E-state index in [9.17, 15) is 9.90 Å². The van der Waals surface area contributed by atoms with Crippen molar-refractivity contribution in [3.63, 3.8) is 0 Å². The number of aromatic nitrogens is 2. The van der Waals surface area contributed by atoms with E-state index >= 15 is 0 Å². The van der Waals surface area contributed by atoms with Crippen LogP contribution in [0.15, 0.2) is 30.5 Å². The number of carbonyl (C=O) groups is 1. The molecule has 1 heterocycles. The molecule has 1 fully saturated rings. The van der Waals surface area contributed by atoms with Crippen LogP contribution in [0.1, 0.15) is 48.9 Å². The second-order valence-corrected chi connectivity index (χ2v) is 6.53. The molecule has 1 aliphatic rings. The van der Waals surface area contributed by atoms with E-state index in [1.54, 1.807) is 7.11 Å². The second kappa shape index (κ2) is 8.16. The van der Waals surface area contributed by atoms with Crippen LogP contribution in [0.4, 0.5) is 0 Å². The number of ether oxygens (including phenoxy) is 1. The fourth-order valence-corrected chi connectivity index (χ4v) is 3.34. The summed E-state index contributed by atoms with van der Waals surface area (Å²) in [5.74, 6) is 0.505. The predicted molar refractivity (Wildman–Crippen MR) is 95.5 cm³/mol. The SMILES string of the molecule is COc1cccc(-c2[nH]ncc2C(=O)N[C@H]2CCCCCC[C@@H]2O)c1. The Kier molecular flexibility index (Phi) is 5.71. The number of aliphatic hydroxyl groups excluding tert-OH is 1. The number of hydrogen-bond acceptors (Lipinski definition) is 4. The highest BCUT2D eigenvalue weighted by atomic mass is 16.5. The van der Waals surface area contributed by atoms with Gasteiger partial charge in [0.05, 0.1) is 36.7 Å². The molecule has 3 N–H and O–H groups in total. The van der Waals surface area contributed by atoms with Gasteiger partial charge in [0.1, 0.15) is 5.75 Å². The van der Waals surface area contributed by atoms with Gasteiger partial charge in [0, 0.05) is 5.56 Å². The molecule has 1 aromatic carbocycles. The predicted octanol–water partition coefficient (Wildman–Crippen LogP) is 2.90. The Morgan fingerprint density at radius 3 is 2.88 bits per heavy atom. The lowest BCUT2D eigenvalue weighted by Gasteiger charge is -2.26. The van der Waals surface area contributed by atoms with E-state index in [4.69, 9.17) is 4.74 Å². The highest BCUT2D eigenvalue weighted by molar-refractivity contribution is 6.00. The standard InChI is InChI=1S/C19H25N3O3/c1-25-14-8-6-7-13(11-14)18-15(12-20-22-18)19(24)21-16-9-4-2-3-5-10-17(16)23/h6-8,11-12,16-17,23H,2-5,9-10H2,1H3,(H,20,22)(H,21,24)/t16-,17-/m0/s1. The van der Waals surface area contributed by atoms with Crippen LogP contribution in [0.2, 0.25) is 0 Å². The molecule has 2 atom stereocenters. The maximum absolute atomic E-state index is 12.8. The third kappa shape index (κ3) is 4.20. The molecule has 25 heavy (non-hydrogen) atoms. The number of H-pyrrole nitrogens is 1. The number of benzene rings is 1. The molecule has 134 valence electrons. The van der Waals surface area contributed by atoms with Crippen molar-refractivity contribution in [2.45, 2.75) is 50.7 Å². The summed E-state index contributed by atoms with van der Waals surface area (Å²) in [6.45, 7) is 0. The van der Waals surface area contributed by atoms with Gasteiger partial charge < -0.3 is 15.2 Å². The molecular weight excluding hydrogens is 318 g/mol. The van der Waals surface area contributed by atoms with Gasteiger partial charge in [0.25, 0.3) is 5.91 Å². The van der Waals surface area contributed by atoms with Crippen LogP contribution in [0, 0.1) is 0 Å². The molecule has 0 unspecified atom stereocenters. The van der Waals surface area contributed by atoms with Gasteiger partial charge in [0.2, 0.25) is 0 Å². The summed E-state index contributed by atoms with van der Waals surface area (Å²) in [6, 6.07) is 7.27. The number of hydrogen-bond donors (Lipinski definition) is 3. The Labute approximate surface area is 147 Å². The number of aromatic amines is 1. The zero-order valence-electron chi connectivity index (χ0n) is 14.5. The Morgan fingerprint density at radius 1 is 1.28 bits per heavy atom. The third-order valence-corrected chi connectivity index (χ3v) is 4.79. The van der Waals surface area contributed by atoms with Gasteiger partial charge in [-0.2, -0.15) is 5.10 Å². The molecule has 6 nitrogen and oxygen atoms in total. The molecule has 1 amide bonds. The summed E-state index contributed by atoms with van der Waals surface area (Å²) in [7, 11) is 1.61. The van der Waals surface area contributed by atoms with Crippen molar-refractivity contribution in [2.24, 2.45) is 0 Å². The number of aliphatic hydroxyl groups is 1. The average molecular weight is 343 g/mol. The van der Waals surface area contributed by atoms with Crippen molar-refractivity contribution >= 4 is 5.91 Å². The number of nitrogens with zero attached hydrogens (tertiary/aromatic N) is 1.